The first kappa shape index (κ1) is 14.9. The molecule has 0 saturated carbocycles. The number of halogens is 1. The van der Waals surface area contributed by atoms with Gasteiger partial charge in [0.25, 0.3) is 0 Å². The SMILES string of the molecule is CC(C)CNCc1cc(F)cnc1N(C)C(C)C. The molecule has 3 nitrogen and oxygen atoms in total. The second kappa shape index (κ2) is 6.69. The van der Waals surface area contributed by atoms with E-state index in [9.17, 15) is 4.39 Å². The van der Waals surface area contributed by atoms with Gasteiger partial charge in [-0.2, -0.15) is 0 Å². The van der Waals surface area contributed by atoms with Gasteiger partial charge in [-0.05, 0) is 32.4 Å². The third kappa shape index (κ3) is 4.26. The quantitative estimate of drug-likeness (QED) is 0.845. The first-order chi connectivity index (χ1) is 8.41. The van der Waals surface area contributed by atoms with Gasteiger partial charge in [0.05, 0.1) is 6.20 Å². The average Bonchev–Trinajstić information content (AvgIpc) is 2.27. The standard InChI is InChI=1S/C14H24FN3/c1-10(2)7-16-8-12-6-13(15)9-17-14(12)18(5)11(3)4/h6,9-11,16H,7-8H2,1-5H3. The van der Waals surface area contributed by atoms with Crippen LogP contribution in [-0.4, -0.2) is 24.6 Å². The first-order valence-corrected chi connectivity index (χ1v) is 6.49. The van der Waals surface area contributed by atoms with Crippen molar-refractivity contribution in [2.75, 3.05) is 18.5 Å². The van der Waals surface area contributed by atoms with E-state index < -0.39 is 0 Å². The van der Waals surface area contributed by atoms with E-state index in [0.717, 1.165) is 17.9 Å². The van der Waals surface area contributed by atoms with E-state index in [1.807, 2.05) is 7.05 Å². The molecule has 0 spiro atoms. The van der Waals surface area contributed by atoms with Crippen LogP contribution in [0.4, 0.5) is 10.2 Å². The molecule has 0 aliphatic heterocycles. The number of pyridine rings is 1. The third-order valence-electron chi connectivity index (χ3n) is 2.89. The lowest BCUT2D eigenvalue weighted by molar-refractivity contribution is 0.547. The van der Waals surface area contributed by atoms with Gasteiger partial charge in [0, 0.05) is 25.2 Å². The number of hydrogen-bond donors (Lipinski definition) is 1. The van der Waals surface area contributed by atoms with Crippen molar-refractivity contribution in [3.63, 3.8) is 0 Å². The average molecular weight is 253 g/mol. The van der Waals surface area contributed by atoms with Crippen LogP contribution in [0.5, 0.6) is 0 Å². The van der Waals surface area contributed by atoms with Crippen molar-refractivity contribution in [2.24, 2.45) is 5.92 Å². The zero-order valence-corrected chi connectivity index (χ0v) is 12.0. The number of nitrogens with one attached hydrogen (secondary N) is 1. The molecule has 0 aromatic carbocycles. The molecule has 0 amide bonds. The second-order valence-corrected chi connectivity index (χ2v) is 5.37. The topological polar surface area (TPSA) is 28.2 Å². The maximum absolute atomic E-state index is 13.3. The van der Waals surface area contributed by atoms with E-state index in [-0.39, 0.29) is 5.82 Å². The fourth-order valence-corrected chi connectivity index (χ4v) is 1.66. The lowest BCUT2D eigenvalue weighted by Gasteiger charge is -2.25. The summed E-state index contributed by atoms with van der Waals surface area (Å²) in [6.45, 7) is 10.1. The van der Waals surface area contributed by atoms with Crippen molar-refractivity contribution < 1.29 is 4.39 Å². The van der Waals surface area contributed by atoms with Crippen LogP contribution in [-0.2, 0) is 6.54 Å². The minimum Gasteiger partial charge on any atom is -0.357 e. The minimum absolute atomic E-state index is 0.280. The lowest BCUT2D eigenvalue weighted by atomic mass is 10.2. The predicted octanol–water partition coefficient (Wildman–Crippen LogP) is 2.81. The highest BCUT2D eigenvalue weighted by Gasteiger charge is 2.12. The van der Waals surface area contributed by atoms with Crippen molar-refractivity contribution in [3.8, 4) is 0 Å². The molecule has 102 valence electrons. The van der Waals surface area contributed by atoms with Gasteiger partial charge >= 0.3 is 0 Å². The van der Waals surface area contributed by atoms with Gasteiger partial charge in [0.1, 0.15) is 11.6 Å². The predicted molar refractivity (Wildman–Crippen MR) is 74.3 cm³/mol. The normalized spacial score (nSPS) is 11.3. The molecule has 1 N–H and O–H groups in total. The second-order valence-electron chi connectivity index (χ2n) is 5.37. The summed E-state index contributed by atoms with van der Waals surface area (Å²) >= 11 is 0. The van der Waals surface area contributed by atoms with Crippen LogP contribution in [0.1, 0.15) is 33.3 Å². The Morgan fingerprint density at radius 2 is 2.00 bits per heavy atom. The molecule has 1 aromatic rings. The highest BCUT2D eigenvalue weighted by molar-refractivity contribution is 5.46. The largest absolute Gasteiger partial charge is 0.357 e. The molecule has 0 fully saturated rings. The molecule has 4 heteroatoms. The maximum atomic E-state index is 13.3. The zero-order valence-electron chi connectivity index (χ0n) is 12.0. The maximum Gasteiger partial charge on any atom is 0.141 e. The van der Waals surface area contributed by atoms with Crippen LogP contribution in [0.3, 0.4) is 0 Å². The Balaban J connectivity index is 2.83. The number of anilines is 1. The van der Waals surface area contributed by atoms with E-state index >= 15 is 0 Å². The van der Waals surface area contributed by atoms with Crippen molar-refractivity contribution in [1.29, 1.82) is 0 Å². The summed E-state index contributed by atoms with van der Waals surface area (Å²) in [7, 11) is 1.98. The van der Waals surface area contributed by atoms with E-state index in [4.69, 9.17) is 0 Å². The molecule has 1 rings (SSSR count). The molecule has 1 heterocycles. The van der Waals surface area contributed by atoms with Crippen LogP contribution in [0.25, 0.3) is 0 Å². The fourth-order valence-electron chi connectivity index (χ4n) is 1.66. The Kier molecular flexibility index (Phi) is 5.54. The Hall–Kier alpha value is -1.16. The summed E-state index contributed by atoms with van der Waals surface area (Å²) in [6, 6.07) is 1.90. The number of aromatic nitrogens is 1. The van der Waals surface area contributed by atoms with Crippen LogP contribution in [0, 0.1) is 11.7 Å². The molecule has 0 aliphatic rings. The highest BCUT2D eigenvalue weighted by Crippen LogP contribution is 2.19. The van der Waals surface area contributed by atoms with E-state index in [0.29, 0.717) is 18.5 Å². The highest BCUT2D eigenvalue weighted by atomic mass is 19.1. The summed E-state index contributed by atoms with van der Waals surface area (Å²) in [4.78, 5) is 6.27. The molecule has 0 radical (unpaired) electrons. The van der Waals surface area contributed by atoms with Crippen LogP contribution >= 0.6 is 0 Å². The summed E-state index contributed by atoms with van der Waals surface area (Å²) in [5.74, 6) is 1.15. The number of hydrogen-bond acceptors (Lipinski definition) is 3. The third-order valence-corrected chi connectivity index (χ3v) is 2.89. The van der Waals surface area contributed by atoms with Gasteiger partial charge < -0.3 is 10.2 Å². The van der Waals surface area contributed by atoms with E-state index in [1.165, 1.54) is 6.20 Å². The van der Waals surface area contributed by atoms with Crippen molar-refractivity contribution in [3.05, 3.63) is 23.6 Å². The summed E-state index contributed by atoms with van der Waals surface area (Å²) in [6.07, 6.45) is 1.28. The van der Waals surface area contributed by atoms with Gasteiger partial charge in [-0.15, -0.1) is 0 Å². The molecular weight excluding hydrogens is 229 g/mol. The van der Waals surface area contributed by atoms with Crippen molar-refractivity contribution in [2.45, 2.75) is 40.3 Å². The Labute approximate surface area is 109 Å². The molecule has 0 unspecified atom stereocenters. The van der Waals surface area contributed by atoms with Crippen LogP contribution in [0.2, 0.25) is 0 Å². The summed E-state index contributed by atoms with van der Waals surface area (Å²) < 4.78 is 13.3. The van der Waals surface area contributed by atoms with Gasteiger partial charge in [0.2, 0.25) is 0 Å². The molecule has 0 aliphatic carbocycles. The molecule has 0 atom stereocenters. The first-order valence-electron chi connectivity index (χ1n) is 6.49. The van der Waals surface area contributed by atoms with Crippen molar-refractivity contribution >= 4 is 5.82 Å². The molecule has 1 aromatic heterocycles. The van der Waals surface area contributed by atoms with Crippen molar-refractivity contribution in [1.82, 2.24) is 10.3 Å². The fraction of sp³-hybridized carbons (Fsp3) is 0.643. The number of nitrogens with zero attached hydrogens (tertiary/aromatic N) is 2. The van der Waals surface area contributed by atoms with Gasteiger partial charge in [-0.3, -0.25) is 0 Å². The Morgan fingerprint density at radius 1 is 1.33 bits per heavy atom. The van der Waals surface area contributed by atoms with Gasteiger partial charge in [-0.25, -0.2) is 9.37 Å². The summed E-state index contributed by atoms with van der Waals surface area (Å²) in [5.41, 5.74) is 0.909. The van der Waals surface area contributed by atoms with Gasteiger partial charge in [0.15, 0.2) is 0 Å². The number of rotatable bonds is 6. The molecule has 18 heavy (non-hydrogen) atoms. The van der Waals surface area contributed by atoms with Crippen LogP contribution < -0.4 is 10.2 Å². The van der Waals surface area contributed by atoms with E-state index in [2.05, 4.69) is 42.9 Å². The smallest absolute Gasteiger partial charge is 0.141 e. The Bertz CT molecular complexity index is 377. The van der Waals surface area contributed by atoms with E-state index in [1.54, 1.807) is 6.07 Å². The van der Waals surface area contributed by atoms with Gasteiger partial charge in [-0.1, -0.05) is 13.8 Å². The molecule has 0 saturated heterocycles. The molecule has 0 bridgehead atoms. The monoisotopic (exact) mass is 253 g/mol. The van der Waals surface area contributed by atoms with Crippen LogP contribution in [0.15, 0.2) is 12.3 Å². The molecular formula is C14H24FN3. The Morgan fingerprint density at radius 3 is 2.56 bits per heavy atom. The lowest BCUT2D eigenvalue weighted by Crippen LogP contribution is -2.29. The minimum atomic E-state index is -0.280. The zero-order chi connectivity index (χ0) is 13.7. The summed E-state index contributed by atoms with van der Waals surface area (Å²) in [5, 5.41) is 3.33.